The number of aromatic nitrogens is 3. The summed E-state index contributed by atoms with van der Waals surface area (Å²) >= 11 is 0. The summed E-state index contributed by atoms with van der Waals surface area (Å²) in [7, 11) is -3.59. The van der Waals surface area contributed by atoms with Crippen LogP contribution in [0.1, 0.15) is 16.2 Å². The number of aromatic amines is 1. The Hall–Kier alpha value is -3.08. The van der Waals surface area contributed by atoms with Crippen LogP contribution in [0.2, 0.25) is 0 Å². The third-order valence-corrected chi connectivity index (χ3v) is 6.64. The van der Waals surface area contributed by atoms with E-state index in [4.69, 9.17) is 4.74 Å². The van der Waals surface area contributed by atoms with Crippen LogP contribution < -0.4 is 5.32 Å². The molecule has 1 aliphatic rings. The fraction of sp³-hybridized carbons (Fsp3) is 0.250. The summed E-state index contributed by atoms with van der Waals surface area (Å²) in [5.41, 5.74) is 1.81. The molecule has 1 aliphatic heterocycles. The lowest BCUT2D eigenvalue weighted by molar-refractivity contribution is 0.0730. The van der Waals surface area contributed by atoms with Crippen molar-refractivity contribution in [3.05, 3.63) is 59.9 Å². The smallest absolute Gasteiger partial charge is 0.255 e. The summed E-state index contributed by atoms with van der Waals surface area (Å²) in [6, 6.07) is 13.1. The van der Waals surface area contributed by atoms with E-state index in [0.29, 0.717) is 43.4 Å². The van der Waals surface area contributed by atoms with Crippen LogP contribution in [0.25, 0.3) is 11.4 Å². The maximum Gasteiger partial charge on any atom is 0.255 e. The molecule has 2 heterocycles. The Morgan fingerprint density at radius 1 is 1.07 bits per heavy atom. The summed E-state index contributed by atoms with van der Waals surface area (Å²) in [4.78, 5) is 16.9. The predicted molar refractivity (Wildman–Crippen MR) is 111 cm³/mol. The van der Waals surface area contributed by atoms with Crippen molar-refractivity contribution in [1.82, 2.24) is 19.5 Å². The molecule has 0 spiro atoms. The first-order valence-corrected chi connectivity index (χ1v) is 10.9. The minimum absolute atomic E-state index is 0.159. The van der Waals surface area contributed by atoms with Crippen molar-refractivity contribution in [2.45, 2.75) is 11.8 Å². The second-order valence-electron chi connectivity index (χ2n) is 6.82. The molecule has 2 N–H and O–H groups in total. The number of carbonyl (C=O) groups excluding carboxylic acids is 1. The molecule has 1 aromatic heterocycles. The quantitative estimate of drug-likeness (QED) is 0.644. The van der Waals surface area contributed by atoms with Gasteiger partial charge in [-0.15, -0.1) is 0 Å². The normalized spacial score (nSPS) is 15.1. The zero-order valence-electron chi connectivity index (χ0n) is 16.3. The second-order valence-corrected chi connectivity index (χ2v) is 8.75. The number of nitrogens with one attached hydrogen (secondary N) is 2. The summed E-state index contributed by atoms with van der Waals surface area (Å²) < 4.78 is 31.9. The van der Waals surface area contributed by atoms with Gasteiger partial charge >= 0.3 is 0 Å². The van der Waals surface area contributed by atoms with Crippen LogP contribution >= 0.6 is 0 Å². The van der Waals surface area contributed by atoms with Gasteiger partial charge in [0.15, 0.2) is 5.82 Å². The zero-order chi connectivity index (χ0) is 21.1. The standard InChI is InChI=1S/C20H21N5O4S/c1-14-21-19(24-23-14)15-2-6-17(7-3-15)22-20(26)16-4-8-18(9-5-16)30(27,28)25-10-12-29-13-11-25/h2-9H,10-13H2,1H3,(H,22,26)(H,21,23,24). The number of carbonyl (C=O) groups is 1. The van der Waals surface area contributed by atoms with Crippen LogP contribution in [0.15, 0.2) is 53.4 Å². The molecule has 2 aromatic carbocycles. The van der Waals surface area contributed by atoms with E-state index in [2.05, 4.69) is 20.5 Å². The first kappa shape index (κ1) is 20.2. The number of anilines is 1. The van der Waals surface area contributed by atoms with Gasteiger partial charge in [0.1, 0.15) is 5.82 Å². The Morgan fingerprint density at radius 3 is 2.33 bits per heavy atom. The van der Waals surface area contributed by atoms with Crippen molar-refractivity contribution >= 4 is 21.6 Å². The Morgan fingerprint density at radius 2 is 1.73 bits per heavy atom. The highest BCUT2D eigenvalue weighted by Gasteiger charge is 2.26. The Bertz CT molecular complexity index is 1130. The molecule has 0 radical (unpaired) electrons. The van der Waals surface area contributed by atoms with E-state index in [0.717, 1.165) is 11.4 Å². The molecule has 0 bridgehead atoms. The van der Waals surface area contributed by atoms with E-state index < -0.39 is 10.0 Å². The van der Waals surface area contributed by atoms with Crippen molar-refractivity contribution in [1.29, 1.82) is 0 Å². The van der Waals surface area contributed by atoms with Crippen LogP contribution in [0.3, 0.4) is 0 Å². The minimum Gasteiger partial charge on any atom is -0.379 e. The fourth-order valence-electron chi connectivity index (χ4n) is 3.09. The second kappa shape index (κ2) is 8.34. The van der Waals surface area contributed by atoms with Gasteiger partial charge in [0.2, 0.25) is 10.0 Å². The highest BCUT2D eigenvalue weighted by Crippen LogP contribution is 2.20. The minimum atomic E-state index is -3.59. The molecular formula is C20H21N5O4S. The maximum absolute atomic E-state index is 12.7. The SMILES string of the molecule is Cc1nc(-c2ccc(NC(=O)c3ccc(S(=O)(=O)N4CCOCC4)cc3)cc2)n[nH]1. The van der Waals surface area contributed by atoms with Crippen LogP contribution in [0, 0.1) is 6.92 Å². The monoisotopic (exact) mass is 427 g/mol. The summed E-state index contributed by atoms with van der Waals surface area (Å²) in [6.45, 7) is 3.24. The van der Waals surface area contributed by atoms with Crippen molar-refractivity contribution in [2.75, 3.05) is 31.6 Å². The molecule has 156 valence electrons. The maximum atomic E-state index is 12.7. The molecule has 1 saturated heterocycles. The number of H-pyrrole nitrogens is 1. The molecule has 0 atom stereocenters. The lowest BCUT2D eigenvalue weighted by Crippen LogP contribution is -2.40. The first-order valence-electron chi connectivity index (χ1n) is 9.42. The number of rotatable bonds is 5. The number of morpholine rings is 1. The number of sulfonamides is 1. The molecule has 9 nitrogen and oxygen atoms in total. The van der Waals surface area contributed by atoms with Crippen molar-refractivity contribution in [3.63, 3.8) is 0 Å². The number of benzene rings is 2. The Labute approximate surface area is 174 Å². The Balaban J connectivity index is 1.43. The number of hydrogen-bond donors (Lipinski definition) is 2. The number of amides is 1. The van der Waals surface area contributed by atoms with Crippen molar-refractivity contribution in [2.24, 2.45) is 0 Å². The summed E-state index contributed by atoms with van der Waals surface area (Å²) in [5, 5.41) is 9.69. The van der Waals surface area contributed by atoms with E-state index in [1.54, 1.807) is 12.1 Å². The van der Waals surface area contributed by atoms with Gasteiger partial charge in [0.25, 0.3) is 5.91 Å². The van der Waals surface area contributed by atoms with E-state index in [1.807, 2.05) is 19.1 Å². The van der Waals surface area contributed by atoms with Gasteiger partial charge in [-0.3, -0.25) is 9.89 Å². The summed E-state index contributed by atoms with van der Waals surface area (Å²) in [6.07, 6.45) is 0. The number of hydrogen-bond acceptors (Lipinski definition) is 6. The molecule has 0 aliphatic carbocycles. The van der Waals surface area contributed by atoms with Gasteiger partial charge in [-0.2, -0.15) is 9.40 Å². The highest BCUT2D eigenvalue weighted by molar-refractivity contribution is 7.89. The number of ether oxygens (including phenoxy) is 1. The molecule has 30 heavy (non-hydrogen) atoms. The molecule has 1 amide bonds. The molecule has 1 fully saturated rings. The average molecular weight is 427 g/mol. The van der Waals surface area contributed by atoms with Crippen LogP contribution in [-0.4, -0.2) is 60.1 Å². The first-order chi connectivity index (χ1) is 14.4. The molecular weight excluding hydrogens is 406 g/mol. The van der Waals surface area contributed by atoms with Gasteiger partial charge < -0.3 is 10.1 Å². The lowest BCUT2D eigenvalue weighted by atomic mass is 10.1. The molecule has 3 aromatic rings. The summed E-state index contributed by atoms with van der Waals surface area (Å²) in [5.74, 6) is 0.982. The number of aryl methyl sites for hydroxylation is 1. The van der Waals surface area contributed by atoms with Crippen LogP contribution in [0.4, 0.5) is 5.69 Å². The van der Waals surface area contributed by atoms with Crippen molar-refractivity contribution in [3.8, 4) is 11.4 Å². The lowest BCUT2D eigenvalue weighted by Gasteiger charge is -2.26. The van der Waals surface area contributed by atoms with Gasteiger partial charge in [-0.1, -0.05) is 0 Å². The molecule has 0 unspecified atom stereocenters. The van der Waals surface area contributed by atoms with Gasteiger partial charge in [-0.25, -0.2) is 13.4 Å². The molecule has 10 heteroatoms. The van der Waals surface area contributed by atoms with E-state index in [-0.39, 0.29) is 10.8 Å². The number of nitrogens with zero attached hydrogens (tertiary/aromatic N) is 3. The van der Waals surface area contributed by atoms with E-state index in [1.165, 1.54) is 28.6 Å². The van der Waals surface area contributed by atoms with Crippen LogP contribution in [-0.2, 0) is 14.8 Å². The molecule has 4 rings (SSSR count). The Kier molecular flexibility index (Phi) is 5.62. The molecule has 0 saturated carbocycles. The van der Waals surface area contributed by atoms with Crippen LogP contribution in [0.5, 0.6) is 0 Å². The fourth-order valence-corrected chi connectivity index (χ4v) is 4.50. The third kappa shape index (κ3) is 4.25. The zero-order valence-corrected chi connectivity index (χ0v) is 17.1. The van der Waals surface area contributed by atoms with Gasteiger partial charge in [0, 0.05) is 29.9 Å². The van der Waals surface area contributed by atoms with E-state index >= 15 is 0 Å². The largest absolute Gasteiger partial charge is 0.379 e. The average Bonchev–Trinajstić information content (AvgIpc) is 3.21. The predicted octanol–water partition coefficient (Wildman–Crippen LogP) is 2.05. The van der Waals surface area contributed by atoms with Gasteiger partial charge in [0.05, 0.1) is 18.1 Å². The van der Waals surface area contributed by atoms with Crippen molar-refractivity contribution < 1.29 is 17.9 Å². The topological polar surface area (TPSA) is 117 Å². The highest BCUT2D eigenvalue weighted by atomic mass is 32.2. The van der Waals surface area contributed by atoms with Gasteiger partial charge in [-0.05, 0) is 55.5 Å². The van der Waals surface area contributed by atoms with E-state index in [9.17, 15) is 13.2 Å². The third-order valence-electron chi connectivity index (χ3n) is 4.72.